The Morgan fingerprint density at radius 1 is 1.16 bits per heavy atom. The van der Waals surface area contributed by atoms with Gasteiger partial charge < -0.3 is 10.1 Å². The minimum absolute atomic E-state index is 0.133. The maximum atomic E-state index is 12.8. The number of rotatable bonds is 6. The molecule has 0 aliphatic carbocycles. The largest absolute Gasteiger partial charge is 0.495 e. The van der Waals surface area contributed by atoms with E-state index in [0.717, 1.165) is 6.26 Å². The number of aryl methyl sites for hydroxylation is 1. The van der Waals surface area contributed by atoms with Gasteiger partial charge in [-0.1, -0.05) is 23.7 Å². The van der Waals surface area contributed by atoms with Crippen molar-refractivity contribution in [3.8, 4) is 11.4 Å². The lowest BCUT2D eigenvalue weighted by atomic mass is 10.2. The monoisotopic (exact) mass is 462 g/mol. The molecule has 0 aliphatic rings. The van der Waals surface area contributed by atoms with E-state index in [9.17, 15) is 18.0 Å². The molecule has 3 rings (SSSR count). The Bertz CT molecular complexity index is 1320. The first kappa shape index (κ1) is 22.3. The van der Waals surface area contributed by atoms with E-state index in [1.54, 1.807) is 31.2 Å². The third-order valence-electron chi connectivity index (χ3n) is 4.16. The molecule has 11 heteroatoms. The summed E-state index contributed by atoms with van der Waals surface area (Å²) < 4.78 is 32.0. The predicted octanol–water partition coefficient (Wildman–Crippen LogP) is 2.83. The van der Waals surface area contributed by atoms with Crippen LogP contribution in [0.5, 0.6) is 5.75 Å². The Kier molecular flexibility index (Phi) is 6.32. The molecule has 0 spiro atoms. The van der Waals surface area contributed by atoms with Crippen LogP contribution in [0.1, 0.15) is 16.2 Å². The van der Waals surface area contributed by atoms with Crippen LogP contribution in [0.25, 0.3) is 5.69 Å². The van der Waals surface area contributed by atoms with Gasteiger partial charge in [0.1, 0.15) is 5.75 Å². The number of hydrogen-bond acceptors (Lipinski definition) is 6. The van der Waals surface area contributed by atoms with Crippen LogP contribution in [-0.2, 0) is 10.0 Å². The molecule has 0 saturated carbocycles. The quantitative estimate of drug-likeness (QED) is 0.581. The molecule has 0 atom stereocenters. The molecule has 1 aromatic heterocycles. The minimum atomic E-state index is -3.58. The van der Waals surface area contributed by atoms with Crippen LogP contribution in [-0.4, -0.2) is 37.5 Å². The summed E-state index contributed by atoms with van der Waals surface area (Å²) in [7, 11) is -2.20. The number of para-hydroxylation sites is 1. The minimum Gasteiger partial charge on any atom is -0.495 e. The van der Waals surface area contributed by atoms with Gasteiger partial charge in [-0.25, -0.2) is 13.1 Å². The summed E-state index contributed by atoms with van der Waals surface area (Å²) in [5.74, 6) is -0.501. The van der Waals surface area contributed by atoms with Crippen LogP contribution in [0.15, 0.2) is 53.3 Å². The third-order valence-corrected chi connectivity index (χ3v) is 5.07. The number of ether oxygens (including phenoxy) is 1. The summed E-state index contributed by atoms with van der Waals surface area (Å²) in [6.45, 7) is 1.67. The van der Waals surface area contributed by atoms with Crippen LogP contribution in [0.4, 0.5) is 11.4 Å². The van der Waals surface area contributed by atoms with Gasteiger partial charge in [0.2, 0.25) is 15.5 Å². The summed E-state index contributed by atoms with van der Waals surface area (Å²) >= 11 is 6.22. The molecule has 0 saturated heterocycles. The van der Waals surface area contributed by atoms with Crippen molar-refractivity contribution in [1.29, 1.82) is 0 Å². The number of halogens is 1. The first-order valence-electron chi connectivity index (χ1n) is 8.92. The fourth-order valence-electron chi connectivity index (χ4n) is 2.83. The molecule has 0 bridgehead atoms. The number of methoxy groups -OCH3 is 1. The molecule has 2 N–H and O–H groups in total. The van der Waals surface area contributed by atoms with Crippen LogP contribution >= 0.6 is 11.6 Å². The topological polar surface area (TPSA) is 119 Å². The molecule has 0 radical (unpaired) electrons. The third kappa shape index (κ3) is 5.22. The van der Waals surface area contributed by atoms with Crippen LogP contribution in [0.3, 0.4) is 0 Å². The Labute approximate surface area is 183 Å². The number of hydrogen-bond donors (Lipinski definition) is 2. The summed E-state index contributed by atoms with van der Waals surface area (Å²) in [6, 6.07) is 12.5. The summed E-state index contributed by atoms with van der Waals surface area (Å²) in [5, 5.41) is 7.14. The zero-order chi connectivity index (χ0) is 22.8. The number of benzene rings is 2. The van der Waals surface area contributed by atoms with Crippen LogP contribution < -0.4 is 20.2 Å². The number of carbonyl (C=O) groups is 1. The lowest BCUT2D eigenvalue weighted by Crippen LogP contribution is -2.27. The van der Waals surface area contributed by atoms with Crippen LogP contribution in [0, 0.1) is 6.92 Å². The highest BCUT2D eigenvalue weighted by Gasteiger charge is 2.18. The maximum absolute atomic E-state index is 12.8. The fraction of sp³-hybridized carbons (Fsp3) is 0.150. The summed E-state index contributed by atoms with van der Waals surface area (Å²) in [6.07, 6.45) is 0.991. The second-order valence-electron chi connectivity index (χ2n) is 6.61. The molecular weight excluding hydrogens is 444 g/mol. The highest BCUT2D eigenvalue weighted by molar-refractivity contribution is 7.92. The van der Waals surface area contributed by atoms with E-state index in [2.05, 4.69) is 15.1 Å². The van der Waals surface area contributed by atoms with E-state index in [1.165, 1.54) is 36.1 Å². The summed E-state index contributed by atoms with van der Waals surface area (Å²) in [5.41, 5.74) is 0.468. The lowest BCUT2D eigenvalue weighted by Gasteiger charge is -2.14. The molecule has 0 fully saturated rings. The van der Waals surface area contributed by atoms with Crippen molar-refractivity contribution in [2.45, 2.75) is 6.92 Å². The van der Waals surface area contributed by atoms with Crippen molar-refractivity contribution >= 4 is 38.9 Å². The second-order valence-corrected chi connectivity index (χ2v) is 8.76. The van der Waals surface area contributed by atoms with Gasteiger partial charge in [-0.15, -0.1) is 0 Å². The zero-order valence-corrected chi connectivity index (χ0v) is 18.4. The average Bonchev–Trinajstić information content (AvgIpc) is 2.68. The van der Waals surface area contributed by atoms with E-state index in [4.69, 9.17) is 16.3 Å². The van der Waals surface area contributed by atoms with Gasteiger partial charge >= 0.3 is 0 Å². The SMILES string of the molecule is COc1ccc(NC(=O)c2nn(-c3ccccc3Cl)c(C)cc2=O)cc1NS(C)(=O)=O. The number of sulfonamides is 1. The zero-order valence-electron chi connectivity index (χ0n) is 16.8. The number of aromatic nitrogens is 2. The standard InChI is InChI=1S/C20H19ClN4O5S/c1-12-10-17(26)19(23-25(12)16-7-5-4-6-14(16)21)20(27)22-13-8-9-18(30-2)15(11-13)24-31(3,28)29/h4-11,24H,1-3H3,(H,22,27). The molecular formula is C20H19ClN4O5S. The van der Waals surface area contributed by atoms with E-state index >= 15 is 0 Å². The van der Waals surface area contributed by atoms with Gasteiger partial charge in [0.15, 0.2) is 5.69 Å². The number of nitrogens with one attached hydrogen (secondary N) is 2. The highest BCUT2D eigenvalue weighted by Crippen LogP contribution is 2.28. The van der Waals surface area contributed by atoms with Gasteiger partial charge in [-0.2, -0.15) is 5.10 Å². The van der Waals surface area contributed by atoms with Crippen molar-refractivity contribution in [2.75, 3.05) is 23.4 Å². The maximum Gasteiger partial charge on any atom is 0.280 e. The molecule has 3 aromatic rings. The average molecular weight is 463 g/mol. The predicted molar refractivity (Wildman–Crippen MR) is 119 cm³/mol. The molecule has 162 valence electrons. The van der Waals surface area contributed by atoms with Gasteiger partial charge in [0.05, 0.1) is 29.8 Å². The summed E-state index contributed by atoms with van der Waals surface area (Å²) in [4.78, 5) is 25.2. The normalized spacial score (nSPS) is 11.1. The second kappa shape index (κ2) is 8.78. The van der Waals surface area contributed by atoms with Crippen molar-refractivity contribution in [1.82, 2.24) is 9.78 Å². The smallest absolute Gasteiger partial charge is 0.280 e. The van der Waals surface area contributed by atoms with Gasteiger partial charge in [0, 0.05) is 17.4 Å². The number of amides is 1. The Hall–Kier alpha value is -3.37. The van der Waals surface area contributed by atoms with Gasteiger partial charge in [-0.05, 0) is 37.3 Å². The van der Waals surface area contributed by atoms with Crippen molar-refractivity contribution < 1.29 is 17.9 Å². The highest BCUT2D eigenvalue weighted by atomic mass is 35.5. The van der Waals surface area contributed by atoms with Crippen molar-refractivity contribution in [3.63, 3.8) is 0 Å². The number of nitrogens with zero attached hydrogens (tertiary/aromatic N) is 2. The Morgan fingerprint density at radius 3 is 2.52 bits per heavy atom. The Balaban J connectivity index is 1.97. The Morgan fingerprint density at radius 2 is 1.87 bits per heavy atom. The van der Waals surface area contributed by atoms with E-state index < -0.39 is 21.4 Å². The first-order chi connectivity index (χ1) is 14.6. The molecule has 31 heavy (non-hydrogen) atoms. The van der Waals surface area contributed by atoms with E-state index in [-0.39, 0.29) is 22.8 Å². The van der Waals surface area contributed by atoms with Gasteiger partial charge in [0.25, 0.3) is 5.91 Å². The first-order valence-corrected chi connectivity index (χ1v) is 11.2. The molecule has 2 aromatic carbocycles. The van der Waals surface area contributed by atoms with E-state index in [0.29, 0.717) is 16.4 Å². The number of carbonyl (C=O) groups excluding carboxylic acids is 1. The van der Waals surface area contributed by atoms with Crippen molar-refractivity contribution in [3.05, 3.63) is 75.2 Å². The van der Waals surface area contributed by atoms with Gasteiger partial charge in [-0.3, -0.25) is 14.3 Å². The molecule has 0 aliphatic heterocycles. The number of anilines is 2. The molecule has 1 amide bonds. The van der Waals surface area contributed by atoms with E-state index in [1.807, 2.05) is 0 Å². The lowest BCUT2D eigenvalue weighted by molar-refractivity contribution is 0.101. The molecule has 9 nitrogen and oxygen atoms in total. The van der Waals surface area contributed by atoms with Crippen molar-refractivity contribution in [2.24, 2.45) is 0 Å². The molecule has 1 heterocycles. The fourth-order valence-corrected chi connectivity index (χ4v) is 3.60. The molecule has 0 unspecified atom stereocenters. The van der Waals surface area contributed by atoms with Crippen LogP contribution in [0.2, 0.25) is 5.02 Å².